The molecule has 3 rings (SSSR count). The number of nitrogens with two attached hydrogens (primary N) is 1. The number of halogens is 2. The Hall–Kier alpha value is -2.44. The second-order valence-electron chi connectivity index (χ2n) is 5.30. The van der Waals surface area contributed by atoms with Gasteiger partial charge in [0.25, 0.3) is 5.91 Å². The molecule has 0 fully saturated rings. The van der Waals surface area contributed by atoms with Crippen molar-refractivity contribution < 1.29 is 14.0 Å². The summed E-state index contributed by atoms with van der Waals surface area (Å²) in [5.74, 6) is -0.930. The molecule has 0 radical (unpaired) electrons. The lowest BCUT2D eigenvalue weighted by Gasteiger charge is -2.11. The molecule has 140 valence electrons. The van der Waals surface area contributed by atoms with E-state index in [0.717, 1.165) is 24.1 Å². The highest BCUT2D eigenvalue weighted by atomic mass is 35.5. The summed E-state index contributed by atoms with van der Waals surface area (Å²) >= 11 is 5.43. The summed E-state index contributed by atoms with van der Waals surface area (Å²) in [7, 11) is 3.22. The molecule has 0 aromatic heterocycles. The summed E-state index contributed by atoms with van der Waals surface area (Å²) in [5.41, 5.74) is 7.63. The number of benzene rings is 2. The molecule has 0 heterocycles. The van der Waals surface area contributed by atoms with Crippen LogP contribution in [0.5, 0.6) is 0 Å². The molecule has 4 N–H and O–H groups in total. The molecule has 26 heavy (non-hydrogen) atoms. The van der Waals surface area contributed by atoms with Gasteiger partial charge in [0.2, 0.25) is 6.29 Å². The van der Waals surface area contributed by atoms with Crippen LogP contribution in [0.1, 0.15) is 23.6 Å². The zero-order chi connectivity index (χ0) is 19.5. The van der Waals surface area contributed by atoms with Crippen molar-refractivity contribution in [3.63, 3.8) is 0 Å². The average molecular weight is 380 g/mol. The largest absolute Gasteiger partial charge is 0.388 e. The lowest BCUT2D eigenvalue weighted by molar-refractivity contribution is -0.131. The summed E-state index contributed by atoms with van der Waals surface area (Å²) in [4.78, 5) is 21.1. The SMILES string of the molecule is CN.CNc1ccc(Cl)c(F)c1.O=CC(=O)NC1CCc2ccccc21. The minimum Gasteiger partial charge on any atom is -0.388 e. The smallest absolute Gasteiger partial charge is 0.284 e. The van der Waals surface area contributed by atoms with Crippen molar-refractivity contribution in [3.05, 3.63) is 64.4 Å². The molecule has 0 spiro atoms. The van der Waals surface area contributed by atoms with Crippen molar-refractivity contribution in [2.24, 2.45) is 5.73 Å². The van der Waals surface area contributed by atoms with Crippen LogP contribution in [0.2, 0.25) is 5.02 Å². The van der Waals surface area contributed by atoms with Gasteiger partial charge < -0.3 is 16.4 Å². The van der Waals surface area contributed by atoms with E-state index in [1.165, 1.54) is 24.7 Å². The topological polar surface area (TPSA) is 84.2 Å². The van der Waals surface area contributed by atoms with Crippen LogP contribution in [0.3, 0.4) is 0 Å². The highest BCUT2D eigenvalue weighted by Gasteiger charge is 2.22. The molecule has 5 nitrogen and oxygen atoms in total. The van der Waals surface area contributed by atoms with E-state index in [2.05, 4.69) is 22.4 Å². The maximum absolute atomic E-state index is 12.6. The van der Waals surface area contributed by atoms with Crippen LogP contribution in [-0.2, 0) is 16.0 Å². The number of fused-ring (bicyclic) bond motifs is 1. The number of carbonyl (C=O) groups excluding carboxylic acids is 2. The molecule has 1 aliphatic rings. The third kappa shape index (κ3) is 6.13. The van der Waals surface area contributed by atoms with Crippen LogP contribution < -0.4 is 16.4 Å². The molecule has 0 aliphatic heterocycles. The number of hydrogen-bond acceptors (Lipinski definition) is 4. The monoisotopic (exact) mass is 379 g/mol. The first-order chi connectivity index (χ1) is 12.5. The first-order valence-corrected chi connectivity index (χ1v) is 8.47. The lowest BCUT2D eigenvalue weighted by Crippen LogP contribution is -2.27. The quantitative estimate of drug-likeness (QED) is 0.565. The van der Waals surface area contributed by atoms with Gasteiger partial charge in [0, 0.05) is 12.7 Å². The van der Waals surface area contributed by atoms with Gasteiger partial charge in [-0.05, 0) is 49.2 Å². The number of carbonyl (C=O) groups is 2. The summed E-state index contributed by atoms with van der Waals surface area (Å²) in [5, 5.41) is 5.63. The van der Waals surface area contributed by atoms with Gasteiger partial charge in [-0.2, -0.15) is 0 Å². The Morgan fingerprint density at radius 3 is 2.58 bits per heavy atom. The molecule has 1 atom stereocenters. The van der Waals surface area contributed by atoms with E-state index < -0.39 is 11.7 Å². The molecule has 2 aromatic rings. The second-order valence-corrected chi connectivity index (χ2v) is 5.70. The number of anilines is 1. The molecule has 2 aromatic carbocycles. The zero-order valence-corrected chi connectivity index (χ0v) is 15.5. The number of aldehydes is 1. The number of nitrogens with one attached hydrogen (secondary N) is 2. The van der Waals surface area contributed by atoms with Crippen molar-refractivity contribution in [3.8, 4) is 0 Å². The van der Waals surface area contributed by atoms with Gasteiger partial charge in [0.1, 0.15) is 5.82 Å². The van der Waals surface area contributed by atoms with E-state index in [1.54, 1.807) is 13.1 Å². The second kappa shape index (κ2) is 11.2. The van der Waals surface area contributed by atoms with E-state index in [9.17, 15) is 14.0 Å². The Labute approximate surface area is 157 Å². The van der Waals surface area contributed by atoms with Gasteiger partial charge in [-0.15, -0.1) is 0 Å². The zero-order valence-electron chi connectivity index (χ0n) is 14.8. The third-order valence-electron chi connectivity index (χ3n) is 3.76. The Kier molecular flexibility index (Phi) is 9.33. The van der Waals surface area contributed by atoms with E-state index >= 15 is 0 Å². The van der Waals surface area contributed by atoms with Crippen molar-refractivity contribution in [2.75, 3.05) is 19.4 Å². The normalized spacial score (nSPS) is 14.0. The number of hydrogen-bond donors (Lipinski definition) is 3. The van der Waals surface area contributed by atoms with Crippen molar-refractivity contribution >= 4 is 29.5 Å². The Bertz CT molecular complexity index is 740. The van der Waals surface area contributed by atoms with Crippen LogP contribution in [0.25, 0.3) is 0 Å². The summed E-state index contributed by atoms with van der Waals surface area (Å²) in [6.45, 7) is 0. The van der Waals surface area contributed by atoms with Gasteiger partial charge in [-0.25, -0.2) is 4.39 Å². The van der Waals surface area contributed by atoms with Gasteiger partial charge in [-0.3, -0.25) is 9.59 Å². The molecule has 1 amide bonds. The minimum absolute atomic E-state index is 0.0175. The minimum atomic E-state index is -0.535. The fourth-order valence-corrected chi connectivity index (χ4v) is 2.68. The molecular formula is C19H23ClFN3O2. The highest BCUT2D eigenvalue weighted by Crippen LogP contribution is 2.30. The molecule has 7 heteroatoms. The van der Waals surface area contributed by atoms with Crippen LogP contribution in [0.15, 0.2) is 42.5 Å². The average Bonchev–Trinajstić information content (AvgIpc) is 3.09. The molecule has 0 saturated heterocycles. The van der Waals surface area contributed by atoms with Gasteiger partial charge in [-0.1, -0.05) is 35.9 Å². The van der Waals surface area contributed by atoms with Gasteiger partial charge in [0.05, 0.1) is 11.1 Å². The first kappa shape index (κ1) is 21.6. The maximum Gasteiger partial charge on any atom is 0.284 e. The van der Waals surface area contributed by atoms with Crippen LogP contribution in [0, 0.1) is 5.82 Å². The predicted molar refractivity (Wildman–Crippen MR) is 103 cm³/mol. The van der Waals surface area contributed by atoms with Gasteiger partial charge in [0.15, 0.2) is 0 Å². The standard InChI is InChI=1S/C11H11NO2.C7H7ClFN.CH5N/c13-7-11(14)12-10-6-5-8-3-1-2-4-9(8)10;1-10-5-2-3-6(8)7(9)4-5;1-2/h1-4,7,10H,5-6H2,(H,12,14);2-4,10H,1H3;2H2,1H3. The van der Waals surface area contributed by atoms with Crippen molar-refractivity contribution in [1.29, 1.82) is 0 Å². The molecule has 0 saturated carbocycles. The van der Waals surface area contributed by atoms with Crippen molar-refractivity contribution in [1.82, 2.24) is 5.32 Å². The molecular weight excluding hydrogens is 357 g/mol. The Morgan fingerprint density at radius 1 is 1.27 bits per heavy atom. The predicted octanol–water partition coefficient (Wildman–Crippen LogP) is 3.08. The third-order valence-corrected chi connectivity index (χ3v) is 4.07. The van der Waals surface area contributed by atoms with Crippen LogP contribution in [0.4, 0.5) is 10.1 Å². The number of amides is 1. The number of rotatable bonds is 3. The fourth-order valence-electron chi connectivity index (χ4n) is 2.56. The summed E-state index contributed by atoms with van der Waals surface area (Å²) < 4.78 is 12.6. The Balaban J connectivity index is 0.000000249. The lowest BCUT2D eigenvalue weighted by atomic mass is 10.1. The summed E-state index contributed by atoms with van der Waals surface area (Å²) in [6, 6.07) is 12.6. The van der Waals surface area contributed by atoms with E-state index in [-0.39, 0.29) is 11.1 Å². The van der Waals surface area contributed by atoms with E-state index in [1.807, 2.05) is 18.2 Å². The fraction of sp³-hybridized carbons (Fsp3) is 0.263. The molecule has 1 unspecified atom stereocenters. The first-order valence-electron chi connectivity index (χ1n) is 8.09. The van der Waals surface area contributed by atoms with Gasteiger partial charge >= 0.3 is 0 Å². The number of aryl methyl sites for hydroxylation is 1. The summed E-state index contributed by atoms with van der Waals surface area (Å²) in [6.07, 6.45) is 2.18. The Morgan fingerprint density at radius 2 is 1.96 bits per heavy atom. The maximum atomic E-state index is 12.6. The van der Waals surface area contributed by atoms with E-state index in [0.29, 0.717) is 6.29 Å². The van der Waals surface area contributed by atoms with Crippen LogP contribution >= 0.6 is 11.6 Å². The highest BCUT2D eigenvalue weighted by molar-refractivity contribution is 6.30. The van der Waals surface area contributed by atoms with Crippen LogP contribution in [-0.4, -0.2) is 26.3 Å². The van der Waals surface area contributed by atoms with E-state index in [4.69, 9.17) is 11.6 Å². The van der Waals surface area contributed by atoms with Crippen molar-refractivity contribution in [2.45, 2.75) is 18.9 Å². The molecule has 1 aliphatic carbocycles. The molecule has 0 bridgehead atoms.